The van der Waals surface area contributed by atoms with E-state index >= 15 is 0 Å². The monoisotopic (exact) mass is 286 g/mol. The van der Waals surface area contributed by atoms with Crippen molar-refractivity contribution in [3.05, 3.63) is 83.4 Å². The van der Waals surface area contributed by atoms with Crippen molar-refractivity contribution in [3.8, 4) is 6.07 Å². The van der Waals surface area contributed by atoms with Gasteiger partial charge in [-0.3, -0.25) is 4.90 Å². The van der Waals surface area contributed by atoms with Gasteiger partial charge in [-0.05, 0) is 41.1 Å². The van der Waals surface area contributed by atoms with E-state index in [1.165, 1.54) is 21.9 Å². The molecule has 0 unspecified atom stereocenters. The summed E-state index contributed by atoms with van der Waals surface area (Å²) in [4.78, 5) is 2.29. The van der Waals surface area contributed by atoms with Gasteiger partial charge >= 0.3 is 0 Å². The topological polar surface area (TPSA) is 27.0 Å². The van der Waals surface area contributed by atoms with Gasteiger partial charge in [0.25, 0.3) is 0 Å². The number of nitriles is 1. The van der Waals surface area contributed by atoms with E-state index in [1.807, 2.05) is 24.3 Å². The highest BCUT2D eigenvalue weighted by Crippen LogP contribution is 2.20. The highest BCUT2D eigenvalue weighted by molar-refractivity contribution is 5.85. The first-order valence-corrected chi connectivity index (χ1v) is 7.40. The summed E-state index contributed by atoms with van der Waals surface area (Å²) in [6.07, 6.45) is 0. The Morgan fingerprint density at radius 1 is 0.864 bits per heavy atom. The lowest BCUT2D eigenvalue weighted by Crippen LogP contribution is -2.17. The first kappa shape index (κ1) is 14.3. The van der Waals surface area contributed by atoms with Crippen LogP contribution in [0, 0.1) is 11.3 Å². The van der Waals surface area contributed by atoms with Crippen LogP contribution in [-0.4, -0.2) is 11.9 Å². The quantitative estimate of drug-likeness (QED) is 0.713. The van der Waals surface area contributed by atoms with Crippen LogP contribution < -0.4 is 0 Å². The number of hydrogen-bond donors (Lipinski definition) is 0. The summed E-state index contributed by atoms with van der Waals surface area (Å²) in [5, 5.41) is 11.4. The molecule has 108 valence electrons. The van der Waals surface area contributed by atoms with E-state index in [9.17, 15) is 0 Å². The third kappa shape index (κ3) is 3.16. The van der Waals surface area contributed by atoms with E-state index in [-0.39, 0.29) is 0 Å². The minimum Gasteiger partial charge on any atom is -0.298 e. The Labute approximate surface area is 131 Å². The number of benzene rings is 3. The van der Waals surface area contributed by atoms with Crippen LogP contribution in [-0.2, 0) is 13.1 Å². The van der Waals surface area contributed by atoms with Crippen molar-refractivity contribution in [2.75, 3.05) is 7.05 Å². The predicted octanol–water partition coefficient (Wildman–Crippen LogP) is 4.34. The van der Waals surface area contributed by atoms with Crippen LogP contribution in [0.3, 0.4) is 0 Å². The summed E-state index contributed by atoms with van der Waals surface area (Å²) in [7, 11) is 2.12. The van der Waals surface area contributed by atoms with Gasteiger partial charge in [-0.15, -0.1) is 0 Å². The standard InChI is InChI=1S/C20H18N2/c1-22(14-17-11-9-16(13-21)10-12-17)15-19-7-4-6-18-5-2-3-8-20(18)19/h2-12H,14-15H2,1H3. The molecule has 0 amide bonds. The van der Waals surface area contributed by atoms with Gasteiger partial charge in [0, 0.05) is 13.1 Å². The molecule has 0 aliphatic carbocycles. The summed E-state index contributed by atoms with van der Waals surface area (Å²) >= 11 is 0. The van der Waals surface area contributed by atoms with Crippen LogP contribution in [0.25, 0.3) is 10.8 Å². The molecule has 0 N–H and O–H groups in total. The number of hydrogen-bond acceptors (Lipinski definition) is 2. The SMILES string of the molecule is CN(Cc1ccc(C#N)cc1)Cc1cccc2ccccc12. The minimum atomic E-state index is 0.709. The fourth-order valence-electron chi connectivity index (χ4n) is 2.77. The van der Waals surface area contributed by atoms with E-state index in [2.05, 4.69) is 60.5 Å². The Hall–Kier alpha value is -2.63. The first-order valence-electron chi connectivity index (χ1n) is 7.40. The molecule has 0 spiro atoms. The molecule has 0 saturated heterocycles. The molecule has 0 aliphatic rings. The van der Waals surface area contributed by atoms with Crippen LogP contribution in [0.2, 0.25) is 0 Å². The van der Waals surface area contributed by atoms with E-state index in [0.717, 1.165) is 13.1 Å². The van der Waals surface area contributed by atoms with Crippen molar-refractivity contribution >= 4 is 10.8 Å². The van der Waals surface area contributed by atoms with Crippen LogP contribution in [0.15, 0.2) is 66.7 Å². The van der Waals surface area contributed by atoms with E-state index < -0.39 is 0 Å². The molecule has 0 bridgehead atoms. The summed E-state index contributed by atoms with van der Waals surface area (Å²) in [6.45, 7) is 1.77. The fraction of sp³-hybridized carbons (Fsp3) is 0.150. The Balaban J connectivity index is 1.75. The zero-order valence-electron chi connectivity index (χ0n) is 12.7. The van der Waals surface area contributed by atoms with Crippen molar-refractivity contribution in [1.82, 2.24) is 4.90 Å². The van der Waals surface area contributed by atoms with Crippen LogP contribution in [0.5, 0.6) is 0 Å². The zero-order chi connectivity index (χ0) is 15.4. The molecule has 2 heteroatoms. The fourth-order valence-corrected chi connectivity index (χ4v) is 2.77. The molecule has 0 aliphatic heterocycles. The second kappa shape index (κ2) is 6.43. The maximum atomic E-state index is 8.85. The van der Waals surface area contributed by atoms with Gasteiger partial charge in [-0.1, -0.05) is 54.6 Å². The average Bonchev–Trinajstić information content (AvgIpc) is 2.56. The lowest BCUT2D eigenvalue weighted by Gasteiger charge is -2.18. The third-order valence-corrected chi connectivity index (χ3v) is 3.86. The Morgan fingerprint density at radius 3 is 2.36 bits per heavy atom. The Morgan fingerprint density at radius 2 is 1.59 bits per heavy atom. The summed E-state index contributed by atoms with van der Waals surface area (Å²) in [5.74, 6) is 0. The zero-order valence-corrected chi connectivity index (χ0v) is 12.7. The van der Waals surface area contributed by atoms with Gasteiger partial charge in [0.15, 0.2) is 0 Å². The molecule has 3 rings (SSSR count). The number of nitrogens with zero attached hydrogens (tertiary/aromatic N) is 2. The largest absolute Gasteiger partial charge is 0.298 e. The van der Waals surface area contributed by atoms with Gasteiger partial charge in [0.1, 0.15) is 0 Å². The van der Waals surface area contributed by atoms with Gasteiger partial charge in [-0.2, -0.15) is 5.26 Å². The van der Waals surface area contributed by atoms with E-state index in [0.29, 0.717) is 5.56 Å². The predicted molar refractivity (Wildman–Crippen MR) is 90.3 cm³/mol. The molecule has 2 nitrogen and oxygen atoms in total. The summed E-state index contributed by atoms with van der Waals surface area (Å²) in [6, 6.07) is 24.9. The second-order valence-electron chi connectivity index (χ2n) is 5.62. The molecule has 3 aromatic rings. The molecule has 22 heavy (non-hydrogen) atoms. The summed E-state index contributed by atoms with van der Waals surface area (Å²) in [5.41, 5.74) is 3.27. The van der Waals surface area contributed by atoms with Crippen molar-refractivity contribution < 1.29 is 0 Å². The molecule has 0 saturated carbocycles. The lowest BCUT2D eigenvalue weighted by molar-refractivity contribution is 0.320. The van der Waals surface area contributed by atoms with Crippen molar-refractivity contribution in [2.24, 2.45) is 0 Å². The Kier molecular flexibility index (Phi) is 4.18. The minimum absolute atomic E-state index is 0.709. The highest BCUT2D eigenvalue weighted by Gasteiger charge is 2.05. The average molecular weight is 286 g/mol. The van der Waals surface area contributed by atoms with Crippen molar-refractivity contribution in [3.63, 3.8) is 0 Å². The number of rotatable bonds is 4. The molecule has 0 radical (unpaired) electrons. The van der Waals surface area contributed by atoms with Gasteiger partial charge < -0.3 is 0 Å². The maximum Gasteiger partial charge on any atom is 0.0991 e. The van der Waals surface area contributed by atoms with Gasteiger partial charge in [0.05, 0.1) is 11.6 Å². The number of fused-ring (bicyclic) bond motifs is 1. The van der Waals surface area contributed by atoms with E-state index in [4.69, 9.17) is 5.26 Å². The molecular weight excluding hydrogens is 268 g/mol. The van der Waals surface area contributed by atoms with Crippen molar-refractivity contribution in [1.29, 1.82) is 5.26 Å². The molecule has 3 aromatic carbocycles. The first-order chi connectivity index (χ1) is 10.8. The molecule has 0 fully saturated rings. The second-order valence-corrected chi connectivity index (χ2v) is 5.62. The smallest absolute Gasteiger partial charge is 0.0991 e. The highest BCUT2D eigenvalue weighted by atomic mass is 15.1. The van der Waals surface area contributed by atoms with Crippen LogP contribution in [0.4, 0.5) is 0 Å². The maximum absolute atomic E-state index is 8.85. The lowest BCUT2D eigenvalue weighted by atomic mass is 10.0. The van der Waals surface area contributed by atoms with Crippen LogP contribution in [0.1, 0.15) is 16.7 Å². The van der Waals surface area contributed by atoms with Crippen molar-refractivity contribution in [2.45, 2.75) is 13.1 Å². The Bertz CT molecular complexity index is 808. The van der Waals surface area contributed by atoms with E-state index in [1.54, 1.807) is 0 Å². The molecule has 0 heterocycles. The third-order valence-electron chi connectivity index (χ3n) is 3.86. The molecule has 0 aromatic heterocycles. The molecular formula is C20H18N2. The van der Waals surface area contributed by atoms with Gasteiger partial charge in [0.2, 0.25) is 0 Å². The normalized spacial score (nSPS) is 10.8. The van der Waals surface area contributed by atoms with Crippen LogP contribution >= 0.6 is 0 Å². The summed E-state index contributed by atoms with van der Waals surface area (Å²) < 4.78 is 0. The molecule has 0 atom stereocenters. The van der Waals surface area contributed by atoms with Gasteiger partial charge in [-0.25, -0.2) is 0 Å².